The molecule has 1 aliphatic rings. The Balaban J connectivity index is 2.49. The van der Waals surface area contributed by atoms with Gasteiger partial charge >= 0.3 is 6.09 Å². The number of carboxylic acid groups (broad SMARTS) is 1. The first-order chi connectivity index (χ1) is 6.15. The summed E-state index contributed by atoms with van der Waals surface area (Å²) in [4.78, 5) is 14.6. The molecule has 1 heterocycles. The van der Waals surface area contributed by atoms with E-state index >= 15 is 0 Å². The van der Waals surface area contributed by atoms with Gasteiger partial charge in [-0.3, -0.25) is 0 Å². The number of hydrogen-bond donors (Lipinski definition) is 1. The SMILES string of the molecule is CC(N=[N+]=[N-])[C@@H]1CCN(C(=O)O)C1. The Labute approximate surface area is 75.8 Å². The van der Waals surface area contributed by atoms with Gasteiger partial charge in [0.25, 0.3) is 0 Å². The van der Waals surface area contributed by atoms with Crippen molar-refractivity contribution in [3.63, 3.8) is 0 Å². The number of carbonyl (C=O) groups is 1. The molecule has 0 aromatic heterocycles. The minimum absolute atomic E-state index is 0.116. The van der Waals surface area contributed by atoms with Gasteiger partial charge in [-0.25, -0.2) is 4.79 Å². The maximum atomic E-state index is 10.6. The molecule has 1 unspecified atom stereocenters. The van der Waals surface area contributed by atoms with Crippen molar-refractivity contribution in [1.82, 2.24) is 4.90 Å². The van der Waals surface area contributed by atoms with Crippen molar-refractivity contribution in [1.29, 1.82) is 0 Å². The molecule has 72 valence electrons. The summed E-state index contributed by atoms with van der Waals surface area (Å²) in [6.45, 7) is 2.84. The van der Waals surface area contributed by atoms with Gasteiger partial charge in [0.1, 0.15) is 0 Å². The molecule has 1 aliphatic heterocycles. The second-order valence-electron chi connectivity index (χ2n) is 3.22. The van der Waals surface area contributed by atoms with Crippen LogP contribution in [0, 0.1) is 5.92 Å². The summed E-state index contributed by atoms with van der Waals surface area (Å²) in [5.74, 6) is 0.173. The maximum absolute atomic E-state index is 10.6. The molecular formula is C7H12N4O2. The van der Waals surface area contributed by atoms with Crippen LogP contribution in [0.1, 0.15) is 13.3 Å². The van der Waals surface area contributed by atoms with Gasteiger partial charge in [-0.15, -0.1) is 0 Å². The highest BCUT2D eigenvalue weighted by Crippen LogP contribution is 2.21. The van der Waals surface area contributed by atoms with Crippen LogP contribution in [-0.2, 0) is 0 Å². The van der Waals surface area contributed by atoms with E-state index in [0.29, 0.717) is 13.1 Å². The molecule has 0 radical (unpaired) electrons. The van der Waals surface area contributed by atoms with E-state index in [1.54, 1.807) is 0 Å². The Kier molecular flexibility index (Phi) is 2.97. The van der Waals surface area contributed by atoms with Crippen LogP contribution in [0.4, 0.5) is 4.79 Å². The lowest BCUT2D eigenvalue weighted by atomic mass is 10.0. The van der Waals surface area contributed by atoms with Gasteiger partial charge < -0.3 is 10.0 Å². The fourth-order valence-corrected chi connectivity index (χ4v) is 1.53. The second kappa shape index (κ2) is 4.00. The molecule has 0 spiro atoms. The Morgan fingerprint density at radius 2 is 2.54 bits per heavy atom. The van der Waals surface area contributed by atoms with Crippen LogP contribution in [0.15, 0.2) is 5.11 Å². The van der Waals surface area contributed by atoms with Gasteiger partial charge in [-0.05, 0) is 17.9 Å². The highest BCUT2D eigenvalue weighted by Gasteiger charge is 2.28. The third-order valence-corrected chi connectivity index (χ3v) is 2.41. The molecular weight excluding hydrogens is 172 g/mol. The molecule has 0 bridgehead atoms. The minimum atomic E-state index is -0.893. The van der Waals surface area contributed by atoms with E-state index in [2.05, 4.69) is 10.0 Å². The Morgan fingerprint density at radius 1 is 1.85 bits per heavy atom. The Bertz CT molecular complexity index is 249. The maximum Gasteiger partial charge on any atom is 0.407 e. The van der Waals surface area contributed by atoms with Gasteiger partial charge in [0.2, 0.25) is 0 Å². The molecule has 0 aromatic rings. The van der Waals surface area contributed by atoms with E-state index in [4.69, 9.17) is 10.6 Å². The van der Waals surface area contributed by atoms with E-state index < -0.39 is 6.09 Å². The van der Waals surface area contributed by atoms with E-state index in [-0.39, 0.29) is 12.0 Å². The molecule has 1 N–H and O–H groups in total. The van der Waals surface area contributed by atoms with Crippen LogP contribution in [0.3, 0.4) is 0 Å². The molecule has 0 saturated carbocycles. The summed E-state index contributed by atoms with van der Waals surface area (Å²) >= 11 is 0. The molecule has 6 nitrogen and oxygen atoms in total. The van der Waals surface area contributed by atoms with Crippen molar-refractivity contribution in [3.8, 4) is 0 Å². The molecule has 1 amide bonds. The van der Waals surface area contributed by atoms with Crippen LogP contribution < -0.4 is 0 Å². The third kappa shape index (κ3) is 2.26. The van der Waals surface area contributed by atoms with Crippen molar-refractivity contribution < 1.29 is 9.90 Å². The summed E-state index contributed by atoms with van der Waals surface area (Å²) in [7, 11) is 0. The third-order valence-electron chi connectivity index (χ3n) is 2.41. The number of hydrogen-bond acceptors (Lipinski definition) is 2. The number of nitrogens with zero attached hydrogens (tertiary/aromatic N) is 4. The zero-order valence-electron chi connectivity index (χ0n) is 7.42. The summed E-state index contributed by atoms with van der Waals surface area (Å²) in [6.07, 6.45) is -0.109. The lowest BCUT2D eigenvalue weighted by molar-refractivity contribution is 0.153. The highest BCUT2D eigenvalue weighted by molar-refractivity contribution is 5.65. The predicted octanol–water partition coefficient (Wildman–Crippen LogP) is 1.69. The average molecular weight is 184 g/mol. The summed E-state index contributed by atoms with van der Waals surface area (Å²) in [5.41, 5.74) is 8.20. The fourth-order valence-electron chi connectivity index (χ4n) is 1.53. The van der Waals surface area contributed by atoms with Crippen LogP contribution in [0.25, 0.3) is 10.4 Å². The number of likely N-dealkylation sites (tertiary alicyclic amines) is 1. The first-order valence-corrected chi connectivity index (χ1v) is 4.17. The molecule has 2 atom stereocenters. The number of azide groups is 1. The van der Waals surface area contributed by atoms with Crippen molar-refractivity contribution in [2.75, 3.05) is 13.1 Å². The normalized spacial score (nSPS) is 23.8. The van der Waals surface area contributed by atoms with E-state index in [1.165, 1.54) is 4.90 Å². The zero-order chi connectivity index (χ0) is 9.84. The van der Waals surface area contributed by atoms with Crippen molar-refractivity contribution in [2.24, 2.45) is 11.0 Å². The monoisotopic (exact) mass is 184 g/mol. The topological polar surface area (TPSA) is 89.3 Å². The lowest BCUT2D eigenvalue weighted by Gasteiger charge is -2.14. The zero-order valence-corrected chi connectivity index (χ0v) is 7.42. The van der Waals surface area contributed by atoms with Crippen molar-refractivity contribution in [2.45, 2.75) is 19.4 Å². The first-order valence-electron chi connectivity index (χ1n) is 4.17. The summed E-state index contributed by atoms with van der Waals surface area (Å²) < 4.78 is 0. The molecule has 0 aromatic carbocycles. The van der Waals surface area contributed by atoms with E-state index in [1.807, 2.05) is 6.92 Å². The van der Waals surface area contributed by atoms with Gasteiger partial charge in [-0.2, -0.15) is 0 Å². The van der Waals surface area contributed by atoms with Gasteiger partial charge in [-0.1, -0.05) is 12.0 Å². The molecule has 0 aliphatic carbocycles. The Hall–Kier alpha value is -1.42. The van der Waals surface area contributed by atoms with E-state index in [0.717, 1.165) is 6.42 Å². The first kappa shape index (κ1) is 9.67. The summed E-state index contributed by atoms with van der Waals surface area (Å²) in [6, 6.07) is -0.116. The summed E-state index contributed by atoms with van der Waals surface area (Å²) in [5, 5.41) is 12.2. The molecule has 1 fully saturated rings. The minimum Gasteiger partial charge on any atom is -0.465 e. The molecule has 1 saturated heterocycles. The quantitative estimate of drug-likeness (QED) is 0.402. The van der Waals surface area contributed by atoms with Gasteiger partial charge in [0.05, 0.1) is 0 Å². The molecule has 6 heteroatoms. The second-order valence-corrected chi connectivity index (χ2v) is 3.22. The van der Waals surface area contributed by atoms with Crippen LogP contribution in [0.5, 0.6) is 0 Å². The van der Waals surface area contributed by atoms with Crippen LogP contribution >= 0.6 is 0 Å². The van der Waals surface area contributed by atoms with Crippen LogP contribution in [0.2, 0.25) is 0 Å². The smallest absolute Gasteiger partial charge is 0.407 e. The fraction of sp³-hybridized carbons (Fsp3) is 0.857. The van der Waals surface area contributed by atoms with E-state index in [9.17, 15) is 4.79 Å². The van der Waals surface area contributed by atoms with Crippen LogP contribution in [-0.4, -0.2) is 35.2 Å². The highest BCUT2D eigenvalue weighted by atomic mass is 16.4. The van der Waals surface area contributed by atoms with Gasteiger partial charge in [0.15, 0.2) is 0 Å². The van der Waals surface area contributed by atoms with Crippen molar-refractivity contribution >= 4 is 6.09 Å². The standard InChI is InChI=1S/C7H12N4O2/c1-5(9-10-8)6-2-3-11(4-6)7(12)13/h5-6H,2-4H2,1H3,(H,12,13)/t5?,6-/m1/s1. The largest absolute Gasteiger partial charge is 0.465 e. The lowest BCUT2D eigenvalue weighted by Crippen LogP contribution is -2.28. The molecule has 13 heavy (non-hydrogen) atoms. The van der Waals surface area contributed by atoms with Gasteiger partial charge in [0, 0.05) is 24.0 Å². The Morgan fingerprint density at radius 3 is 3.00 bits per heavy atom. The average Bonchev–Trinajstić information content (AvgIpc) is 2.52. The number of rotatable bonds is 2. The molecule has 1 rings (SSSR count). The predicted molar refractivity (Wildman–Crippen MR) is 46.3 cm³/mol. The van der Waals surface area contributed by atoms with Crippen molar-refractivity contribution in [3.05, 3.63) is 10.4 Å². The number of amides is 1.